The van der Waals surface area contributed by atoms with E-state index < -0.39 is 9.84 Å². The molecule has 25 heavy (non-hydrogen) atoms. The van der Waals surface area contributed by atoms with E-state index in [1.807, 2.05) is 0 Å². The fraction of sp³-hybridized carbons (Fsp3) is 0.500. The van der Waals surface area contributed by atoms with Gasteiger partial charge in [0.05, 0.1) is 31.7 Å². The number of amides is 2. The van der Waals surface area contributed by atoms with Gasteiger partial charge in [-0.05, 0) is 37.7 Å². The molecule has 0 radical (unpaired) electrons. The second kappa shape index (κ2) is 8.30. The maximum atomic E-state index is 12.0. The molecule has 0 saturated carbocycles. The molecule has 2 N–H and O–H groups in total. The molecule has 2 amide bonds. The molecule has 0 unspecified atom stereocenters. The SMILES string of the molecule is COc1ccc(NC(=O)CN(C)CC(=O)N[C@H]2CCS(=O)(=O)C2)cc1. The van der Waals surface area contributed by atoms with E-state index in [-0.39, 0.29) is 42.5 Å². The maximum absolute atomic E-state index is 12.0. The lowest BCUT2D eigenvalue weighted by atomic mass is 10.2. The molecule has 1 aromatic rings. The summed E-state index contributed by atoms with van der Waals surface area (Å²) in [7, 11) is 0.186. The topological polar surface area (TPSA) is 105 Å². The van der Waals surface area contributed by atoms with Gasteiger partial charge in [0.1, 0.15) is 5.75 Å². The zero-order chi connectivity index (χ0) is 18.4. The summed E-state index contributed by atoms with van der Waals surface area (Å²) >= 11 is 0. The van der Waals surface area contributed by atoms with Gasteiger partial charge in [-0.25, -0.2) is 8.42 Å². The van der Waals surface area contributed by atoms with Crippen molar-refractivity contribution >= 4 is 27.3 Å². The highest BCUT2D eigenvalue weighted by Crippen LogP contribution is 2.15. The molecule has 1 fully saturated rings. The van der Waals surface area contributed by atoms with E-state index >= 15 is 0 Å². The highest BCUT2D eigenvalue weighted by atomic mass is 32.2. The third-order valence-electron chi connectivity index (χ3n) is 3.80. The second-order valence-corrected chi connectivity index (χ2v) is 8.35. The maximum Gasteiger partial charge on any atom is 0.238 e. The van der Waals surface area contributed by atoms with Crippen molar-refractivity contribution in [3.63, 3.8) is 0 Å². The first-order valence-electron chi connectivity index (χ1n) is 7.89. The zero-order valence-corrected chi connectivity index (χ0v) is 15.1. The van der Waals surface area contributed by atoms with Crippen LogP contribution in [0.1, 0.15) is 6.42 Å². The van der Waals surface area contributed by atoms with Crippen LogP contribution in [0.4, 0.5) is 5.69 Å². The molecule has 1 aliphatic heterocycles. The number of likely N-dealkylation sites (N-methyl/N-ethyl adjacent to an activating group) is 1. The first-order valence-corrected chi connectivity index (χ1v) is 9.72. The van der Waals surface area contributed by atoms with Gasteiger partial charge in [-0.2, -0.15) is 0 Å². The van der Waals surface area contributed by atoms with E-state index in [1.54, 1.807) is 43.3 Å². The second-order valence-electron chi connectivity index (χ2n) is 6.12. The highest BCUT2D eigenvalue weighted by Gasteiger charge is 2.29. The van der Waals surface area contributed by atoms with Gasteiger partial charge in [-0.3, -0.25) is 14.5 Å². The number of sulfone groups is 1. The molecule has 0 spiro atoms. The van der Waals surface area contributed by atoms with Crippen LogP contribution in [0.25, 0.3) is 0 Å². The van der Waals surface area contributed by atoms with Crippen molar-refractivity contribution in [2.24, 2.45) is 0 Å². The first-order chi connectivity index (χ1) is 11.8. The van der Waals surface area contributed by atoms with Gasteiger partial charge < -0.3 is 15.4 Å². The Labute approximate surface area is 147 Å². The number of nitrogens with one attached hydrogen (secondary N) is 2. The van der Waals surface area contributed by atoms with Gasteiger partial charge in [0.25, 0.3) is 0 Å². The zero-order valence-electron chi connectivity index (χ0n) is 14.3. The lowest BCUT2D eigenvalue weighted by molar-refractivity contribution is -0.123. The van der Waals surface area contributed by atoms with Crippen LogP contribution in [0.3, 0.4) is 0 Å². The van der Waals surface area contributed by atoms with Gasteiger partial charge in [0.2, 0.25) is 11.8 Å². The van der Waals surface area contributed by atoms with Crippen LogP contribution < -0.4 is 15.4 Å². The number of nitrogens with zero attached hydrogens (tertiary/aromatic N) is 1. The first kappa shape index (κ1) is 19.2. The van der Waals surface area contributed by atoms with Crippen LogP contribution in [0.2, 0.25) is 0 Å². The molecule has 2 rings (SSSR count). The number of rotatable bonds is 7. The van der Waals surface area contributed by atoms with Crippen LogP contribution in [0.5, 0.6) is 5.75 Å². The minimum absolute atomic E-state index is 0.0135. The van der Waals surface area contributed by atoms with E-state index in [2.05, 4.69) is 10.6 Å². The number of hydrogen-bond donors (Lipinski definition) is 2. The molecule has 0 aromatic heterocycles. The third kappa shape index (κ3) is 6.35. The van der Waals surface area contributed by atoms with E-state index in [1.165, 1.54) is 0 Å². The Morgan fingerprint density at radius 2 is 1.84 bits per heavy atom. The van der Waals surface area contributed by atoms with Crippen LogP contribution >= 0.6 is 0 Å². The van der Waals surface area contributed by atoms with E-state index in [0.29, 0.717) is 17.9 Å². The van der Waals surface area contributed by atoms with Gasteiger partial charge in [-0.1, -0.05) is 0 Å². The van der Waals surface area contributed by atoms with Crippen LogP contribution in [-0.2, 0) is 19.4 Å². The summed E-state index contributed by atoms with van der Waals surface area (Å²) in [6.07, 6.45) is 0.440. The fourth-order valence-corrected chi connectivity index (χ4v) is 4.28. The Kier molecular flexibility index (Phi) is 6.38. The minimum atomic E-state index is -3.03. The lowest BCUT2D eigenvalue weighted by Gasteiger charge is -2.17. The molecule has 1 heterocycles. The summed E-state index contributed by atoms with van der Waals surface area (Å²) in [5, 5.41) is 5.43. The number of anilines is 1. The van der Waals surface area contributed by atoms with Gasteiger partial charge in [0.15, 0.2) is 9.84 Å². The fourth-order valence-electron chi connectivity index (χ4n) is 2.60. The van der Waals surface area contributed by atoms with Crippen molar-refractivity contribution in [2.75, 3.05) is 44.1 Å². The summed E-state index contributed by atoms with van der Waals surface area (Å²) in [5.41, 5.74) is 0.639. The Morgan fingerprint density at radius 3 is 2.40 bits per heavy atom. The quantitative estimate of drug-likeness (QED) is 0.694. The van der Waals surface area contributed by atoms with E-state index in [0.717, 1.165) is 0 Å². The monoisotopic (exact) mass is 369 g/mol. The number of carbonyl (C=O) groups excluding carboxylic acids is 2. The summed E-state index contributed by atoms with van der Waals surface area (Å²) in [5.74, 6) is 0.254. The molecule has 8 nitrogen and oxygen atoms in total. The Morgan fingerprint density at radius 1 is 1.20 bits per heavy atom. The molecular weight excluding hydrogens is 346 g/mol. The number of hydrogen-bond acceptors (Lipinski definition) is 6. The smallest absolute Gasteiger partial charge is 0.238 e. The lowest BCUT2D eigenvalue weighted by Crippen LogP contribution is -2.43. The predicted octanol–water partition coefficient (Wildman–Crippen LogP) is -0.131. The van der Waals surface area contributed by atoms with Crippen LogP contribution in [-0.4, -0.2) is 69.9 Å². The van der Waals surface area contributed by atoms with Gasteiger partial charge in [0, 0.05) is 11.7 Å². The number of benzene rings is 1. The predicted molar refractivity (Wildman–Crippen MR) is 94.3 cm³/mol. The molecular formula is C16H23N3O5S. The highest BCUT2D eigenvalue weighted by molar-refractivity contribution is 7.91. The number of methoxy groups -OCH3 is 1. The average Bonchev–Trinajstić information content (AvgIpc) is 2.86. The third-order valence-corrected chi connectivity index (χ3v) is 5.57. The van der Waals surface area contributed by atoms with Crippen molar-refractivity contribution in [3.05, 3.63) is 24.3 Å². The van der Waals surface area contributed by atoms with E-state index in [4.69, 9.17) is 4.74 Å². The molecule has 1 saturated heterocycles. The van der Waals surface area contributed by atoms with Crippen molar-refractivity contribution in [2.45, 2.75) is 12.5 Å². The van der Waals surface area contributed by atoms with Crippen molar-refractivity contribution < 1.29 is 22.7 Å². The van der Waals surface area contributed by atoms with Crippen molar-refractivity contribution in [3.8, 4) is 5.75 Å². The molecule has 1 atom stereocenters. The summed E-state index contributed by atoms with van der Waals surface area (Å²) < 4.78 is 27.8. The molecule has 0 bridgehead atoms. The molecule has 1 aromatic carbocycles. The Bertz CT molecular complexity index is 718. The Hall–Kier alpha value is -2.13. The number of ether oxygens (including phenoxy) is 1. The summed E-state index contributed by atoms with van der Waals surface area (Å²) in [6, 6.07) is 6.60. The van der Waals surface area contributed by atoms with Crippen LogP contribution in [0.15, 0.2) is 24.3 Å². The molecule has 9 heteroatoms. The van der Waals surface area contributed by atoms with Crippen molar-refractivity contribution in [1.29, 1.82) is 0 Å². The van der Waals surface area contributed by atoms with Gasteiger partial charge in [-0.15, -0.1) is 0 Å². The molecule has 138 valence electrons. The molecule has 0 aliphatic carbocycles. The largest absolute Gasteiger partial charge is 0.497 e. The normalized spacial score (nSPS) is 18.8. The summed E-state index contributed by atoms with van der Waals surface area (Å²) in [4.78, 5) is 25.5. The van der Waals surface area contributed by atoms with Crippen molar-refractivity contribution in [1.82, 2.24) is 10.2 Å². The molecule has 1 aliphatic rings. The summed E-state index contributed by atoms with van der Waals surface area (Å²) in [6.45, 7) is 0.0645. The van der Waals surface area contributed by atoms with Gasteiger partial charge >= 0.3 is 0 Å². The van der Waals surface area contributed by atoms with Crippen LogP contribution in [0, 0.1) is 0 Å². The number of carbonyl (C=O) groups is 2. The average molecular weight is 369 g/mol. The standard InChI is InChI=1S/C16H23N3O5S/c1-19(10-16(21)18-13-7-8-25(22,23)11-13)9-15(20)17-12-3-5-14(24-2)6-4-12/h3-6,13H,7-11H2,1-2H3,(H,17,20)(H,18,21)/t13-/m0/s1. The Balaban J connectivity index is 1.74. The minimum Gasteiger partial charge on any atom is -0.497 e. The van der Waals surface area contributed by atoms with E-state index in [9.17, 15) is 18.0 Å².